The van der Waals surface area contributed by atoms with Crippen LogP contribution in [0.5, 0.6) is 0 Å². The highest BCUT2D eigenvalue weighted by atomic mass is 19.1. The van der Waals surface area contributed by atoms with Gasteiger partial charge >= 0.3 is 0 Å². The van der Waals surface area contributed by atoms with Crippen molar-refractivity contribution < 1.29 is 9.18 Å². The van der Waals surface area contributed by atoms with Gasteiger partial charge in [-0.25, -0.2) is 4.39 Å². The van der Waals surface area contributed by atoms with E-state index < -0.39 is 5.82 Å². The Balaban J connectivity index is 2.42. The molecule has 2 aromatic rings. The molecule has 3 nitrogen and oxygen atoms in total. The van der Waals surface area contributed by atoms with E-state index in [1.165, 1.54) is 18.2 Å². The monoisotopic (exact) mass is 204 g/mol. The molecule has 0 aliphatic rings. The van der Waals surface area contributed by atoms with Crippen molar-refractivity contribution in [3.63, 3.8) is 0 Å². The summed E-state index contributed by atoms with van der Waals surface area (Å²) in [5.74, 6) is -0.781. The third-order valence-electron chi connectivity index (χ3n) is 2.02. The molecule has 76 valence electrons. The molecule has 0 atom stereocenters. The van der Waals surface area contributed by atoms with Crippen molar-refractivity contribution in [2.45, 2.75) is 0 Å². The van der Waals surface area contributed by atoms with Crippen LogP contribution in [0.4, 0.5) is 10.1 Å². The van der Waals surface area contributed by atoms with Crippen molar-refractivity contribution >= 4 is 11.5 Å². The molecular formula is C11H9FN2O. The molecular weight excluding hydrogens is 195 g/mol. The van der Waals surface area contributed by atoms with Crippen molar-refractivity contribution in [2.75, 3.05) is 5.73 Å². The number of nitrogen functional groups attached to an aromatic ring is 1. The molecule has 0 aliphatic heterocycles. The first-order valence-electron chi connectivity index (χ1n) is 4.41. The Hall–Kier alpha value is -2.10. The number of nitrogens with one attached hydrogen (secondary N) is 1. The van der Waals surface area contributed by atoms with E-state index in [2.05, 4.69) is 4.98 Å². The van der Waals surface area contributed by atoms with Gasteiger partial charge in [0.05, 0.1) is 5.69 Å². The number of hydrogen-bond donors (Lipinski definition) is 2. The van der Waals surface area contributed by atoms with Crippen LogP contribution in [0.1, 0.15) is 16.1 Å². The smallest absolute Gasteiger partial charge is 0.209 e. The third-order valence-corrected chi connectivity index (χ3v) is 2.02. The van der Waals surface area contributed by atoms with E-state index in [4.69, 9.17) is 5.73 Å². The second kappa shape index (κ2) is 3.57. The van der Waals surface area contributed by atoms with Gasteiger partial charge in [-0.1, -0.05) is 0 Å². The summed E-state index contributed by atoms with van der Waals surface area (Å²) in [6.07, 6.45) is 1.63. The molecule has 0 spiro atoms. The van der Waals surface area contributed by atoms with Gasteiger partial charge in [0.1, 0.15) is 5.82 Å². The maximum Gasteiger partial charge on any atom is 0.209 e. The maximum atomic E-state index is 13.0. The Morgan fingerprint density at radius 1 is 1.33 bits per heavy atom. The summed E-state index contributed by atoms with van der Waals surface area (Å²) in [4.78, 5) is 14.5. The summed E-state index contributed by atoms with van der Waals surface area (Å²) >= 11 is 0. The number of halogens is 1. The predicted octanol–water partition coefficient (Wildman–Crippen LogP) is 1.97. The SMILES string of the molecule is Nc1cc(F)cc(C(=O)c2ccc[nH]2)c1. The average molecular weight is 204 g/mol. The Morgan fingerprint density at radius 3 is 2.73 bits per heavy atom. The number of rotatable bonds is 2. The molecule has 4 heteroatoms. The van der Waals surface area contributed by atoms with Crippen molar-refractivity contribution in [1.29, 1.82) is 0 Å². The zero-order valence-corrected chi connectivity index (χ0v) is 7.83. The summed E-state index contributed by atoms with van der Waals surface area (Å²) in [5.41, 5.74) is 6.35. The van der Waals surface area contributed by atoms with Gasteiger partial charge in [0.25, 0.3) is 0 Å². The summed E-state index contributed by atoms with van der Waals surface area (Å²) in [7, 11) is 0. The van der Waals surface area contributed by atoms with Crippen LogP contribution in [0.25, 0.3) is 0 Å². The summed E-state index contributed by atoms with van der Waals surface area (Å²) in [6.45, 7) is 0. The van der Waals surface area contributed by atoms with E-state index in [0.29, 0.717) is 5.69 Å². The molecule has 0 saturated carbocycles. The molecule has 0 amide bonds. The van der Waals surface area contributed by atoms with Crippen LogP contribution in [-0.4, -0.2) is 10.8 Å². The number of carbonyl (C=O) groups excluding carboxylic acids is 1. The third kappa shape index (κ3) is 1.88. The highest BCUT2D eigenvalue weighted by Gasteiger charge is 2.11. The summed E-state index contributed by atoms with van der Waals surface area (Å²) < 4.78 is 13.0. The van der Waals surface area contributed by atoms with E-state index in [9.17, 15) is 9.18 Å². The molecule has 0 bridgehead atoms. The molecule has 3 N–H and O–H groups in total. The molecule has 15 heavy (non-hydrogen) atoms. The number of carbonyl (C=O) groups is 1. The van der Waals surface area contributed by atoms with E-state index in [0.717, 1.165) is 0 Å². The van der Waals surface area contributed by atoms with Gasteiger partial charge in [-0.3, -0.25) is 4.79 Å². The van der Waals surface area contributed by atoms with Gasteiger partial charge in [0.15, 0.2) is 0 Å². The normalized spacial score (nSPS) is 10.2. The second-order valence-corrected chi connectivity index (χ2v) is 3.19. The summed E-state index contributed by atoms with van der Waals surface area (Å²) in [6, 6.07) is 7.12. The lowest BCUT2D eigenvalue weighted by molar-refractivity contribution is 0.103. The van der Waals surface area contributed by atoms with E-state index in [-0.39, 0.29) is 17.0 Å². The van der Waals surface area contributed by atoms with Crippen molar-refractivity contribution in [3.8, 4) is 0 Å². The van der Waals surface area contributed by atoms with Crippen LogP contribution in [0.2, 0.25) is 0 Å². The number of aromatic amines is 1. The maximum absolute atomic E-state index is 13.0. The van der Waals surface area contributed by atoms with Gasteiger partial charge in [-0.15, -0.1) is 0 Å². The first-order chi connectivity index (χ1) is 7.16. The number of nitrogens with two attached hydrogens (primary N) is 1. The summed E-state index contributed by atoms with van der Waals surface area (Å²) in [5, 5.41) is 0. The second-order valence-electron chi connectivity index (χ2n) is 3.19. The Bertz CT molecular complexity index is 471. The number of benzene rings is 1. The highest BCUT2D eigenvalue weighted by molar-refractivity contribution is 6.08. The molecule has 0 unspecified atom stereocenters. The lowest BCUT2D eigenvalue weighted by Crippen LogP contribution is -2.03. The highest BCUT2D eigenvalue weighted by Crippen LogP contribution is 2.14. The minimum Gasteiger partial charge on any atom is -0.399 e. The molecule has 0 saturated heterocycles. The number of aromatic nitrogens is 1. The standard InChI is InChI=1S/C11H9FN2O/c12-8-4-7(5-9(13)6-8)11(15)10-2-1-3-14-10/h1-6,14H,13H2. The van der Waals surface area contributed by atoms with Crippen LogP contribution in [0.3, 0.4) is 0 Å². The number of anilines is 1. The van der Waals surface area contributed by atoms with E-state index >= 15 is 0 Å². The van der Waals surface area contributed by atoms with Gasteiger partial charge in [0, 0.05) is 17.4 Å². The van der Waals surface area contributed by atoms with Gasteiger partial charge in [0.2, 0.25) is 5.78 Å². The van der Waals surface area contributed by atoms with E-state index in [1.54, 1.807) is 18.3 Å². The largest absolute Gasteiger partial charge is 0.399 e. The van der Waals surface area contributed by atoms with Crippen LogP contribution in [0, 0.1) is 5.82 Å². The van der Waals surface area contributed by atoms with Crippen LogP contribution in [0.15, 0.2) is 36.5 Å². The Morgan fingerprint density at radius 2 is 2.13 bits per heavy atom. The lowest BCUT2D eigenvalue weighted by atomic mass is 10.1. The first-order valence-corrected chi connectivity index (χ1v) is 4.41. The zero-order valence-electron chi connectivity index (χ0n) is 7.83. The molecule has 1 heterocycles. The zero-order chi connectivity index (χ0) is 10.8. The van der Waals surface area contributed by atoms with Crippen molar-refractivity contribution in [1.82, 2.24) is 4.98 Å². The molecule has 0 fully saturated rings. The van der Waals surface area contributed by atoms with E-state index in [1.807, 2.05) is 0 Å². The molecule has 0 radical (unpaired) electrons. The number of ketones is 1. The fraction of sp³-hybridized carbons (Fsp3) is 0. The number of H-pyrrole nitrogens is 1. The first kappa shape index (κ1) is 9.45. The molecule has 2 rings (SSSR count). The topological polar surface area (TPSA) is 58.9 Å². The fourth-order valence-corrected chi connectivity index (χ4v) is 1.37. The molecule has 1 aromatic carbocycles. The van der Waals surface area contributed by atoms with Crippen molar-refractivity contribution in [2.24, 2.45) is 0 Å². The van der Waals surface area contributed by atoms with Crippen molar-refractivity contribution in [3.05, 3.63) is 53.6 Å². The molecule has 0 aliphatic carbocycles. The predicted molar refractivity (Wildman–Crippen MR) is 55.0 cm³/mol. The van der Waals surface area contributed by atoms with Gasteiger partial charge in [-0.05, 0) is 30.3 Å². The quantitative estimate of drug-likeness (QED) is 0.580. The van der Waals surface area contributed by atoms with Gasteiger partial charge in [-0.2, -0.15) is 0 Å². The minimum absolute atomic E-state index is 0.241. The van der Waals surface area contributed by atoms with Crippen LogP contribution >= 0.6 is 0 Å². The minimum atomic E-state index is -0.509. The number of hydrogen-bond acceptors (Lipinski definition) is 2. The van der Waals surface area contributed by atoms with Crippen LogP contribution in [-0.2, 0) is 0 Å². The van der Waals surface area contributed by atoms with Crippen LogP contribution < -0.4 is 5.73 Å². The molecule has 1 aromatic heterocycles. The van der Waals surface area contributed by atoms with Gasteiger partial charge < -0.3 is 10.7 Å². The lowest BCUT2D eigenvalue weighted by Gasteiger charge is -2.00. The Kier molecular flexibility index (Phi) is 2.25. The fourth-order valence-electron chi connectivity index (χ4n) is 1.37. The average Bonchev–Trinajstić information content (AvgIpc) is 2.67. The Labute approximate surface area is 85.7 Å².